The molecule has 15 heavy (non-hydrogen) atoms. The lowest BCUT2D eigenvalue weighted by molar-refractivity contribution is 0.264. The summed E-state index contributed by atoms with van der Waals surface area (Å²) in [7, 11) is 0. The second kappa shape index (κ2) is 4.23. The molecule has 1 aromatic rings. The Morgan fingerprint density at radius 1 is 1.60 bits per heavy atom. The Kier molecular flexibility index (Phi) is 2.96. The van der Waals surface area contributed by atoms with Gasteiger partial charge in [-0.3, -0.25) is 0 Å². The van der Waals surface area contributed by atoms with E-state index in [-0.39, 0.29) is 5.54 Å². The van der Waals surface area contributed by atoms with Crippen LogP contribution in [-0.2, 0) is 11.2 Å². The third-order valence-electron chi connectivity index (χ3n) is 2.60. The highest BCUT2D eigenvalue weighted by Crippen LogP contribution is 2.22. The molecule has 0 amide bonds. The first-order chi connectivity index (χ1) is 7.18. The van der Waals surface area contributed by atoms with Crippen molar-refractivity contribution in [1.82, 2.24) is 0 Å². The van der Waals surface area contributed by atoms with Crippen LogP contribution in [0.5, 0.6) is 0 Å². The maximum Gasteiger partial charge on any atom is 0.273 e. The molecule has 0 saturated carbocycles. The predicted octanol–water partition coefficient (Wildman–Crippen LogP) is 2.97. The average molecular weight is 223 g/mol. The number of nitrogens with zero attached hydrogens (tertiary/aromatic N) is 1. The normalized spacial score (nSPS) is 24.1. The fourth-order valence-corrected chi connectivity index (χ4v) is 1.81. The summed E-state index contributed by atoms with van der Waals surface area (Å²) in [5, 5.41) is 0.787. The Hall–Kier alpha value is -1.02. The SMILES string of the molecule is CC1(CCc2cccc(Cl)c2)CO[C]=N1. The molecule has 2 rings (SSSR count). The number of halogens is 1. The smallest absolute Gasteiger partial charge is 0.273 e. The van der Waals surface area contributed by atoms with Crippen molar-refractivity contribution < 1.29 is 4.74 Å². The molecular weight excluding hydrogens is 210 g/mol. The molecule has 0 spiro atoms. The van der Waals surface area contributed by atoms with Crippen LogP contribution in [0.1, 0.15) is 18.9 Å². The molecule has 1 heterocycles. The van der Waals surface area contributed by atoms with Crippen molar-refractivity contribution in [2.24, 2.45) is 4.99 Å². The van der Waals surface area contributed by atoms with Crippen LogP contribution in [0.3, 0.4) is 0 Å². The first-order valence-electron chi connectivity index (χ1n) is 5.01. The van der Waals surface area contributed by atoms with Gasteiger partial charge in [0.15, 0.2) is 0 Å². The molecule has 1 atom stereocenters. The summed E-state index contributed by atoms with van der Waals surface area (Å²) >= 11 is 5.91. The summed E-state index contributed by atoms with van der Waals surface area (Å²) in [6, 6.07) is 7.94. The highest BCUT2D eigenvalue weighted by molar-refractivity contribution is 6.30. The maximum atomic E-state index is 5.91. The fraction of sp³-hybridized carbons (Fsp3) is 0.417. The lowest BCUT2D eigenvalue weighted by atomic mass is 9.95. The zero-order chi connectivity index (χ0) is 10.7. The van der Waals surface area contributed by atoms with Crippen molar-refractivity contribution in [2.75, 3.05) is 6.61 Å². The van der Waals surface area contributed by atoms with E-state index in [1.54, 1.807) is 0 Å². The van der Waals surface area contributed by atoms with E-state index in [4.69, 9.17) is 16.3 Å². The number of benzene rings is 1. The predicted molar refractivity (Wildman–Crippen MR) is 61.6 cm³/mol. The van der Waals surface area contributed by atoms with Gasteiger partial charge >= 0.3 is 0 Å². The van der Waals surface area contributed by atoms with Crippen LogP contribution in [0, 0.1) is 0 Å². The van der Waals surface area contributed by atoms with Gasteiger partial charge in [0.1, 0.15) is 6.61 Å². The van der Waals surface area contributed by atoms with E-state index >= 15 is 0 Å². The van der Waals surface area contributed by atoms with Gasteiger partial charge in [-0.2, -0.15) is 0 Å². The van der Waals surface area contributed by atoms with E-state index in [1.807, 2.05) is 18.2 Å². The third-order valence-corrected chi connectivity index (χ3v) is 2.84. The van der Waals surface area contributed by atoms with Crippen LogP contribution >= 0.6 is 11.6 Å². The molecular formula is C12H13ClNO. The molecule has 0 saturated heterocycles. The largest absolute Gasteiger partial charge is 0.472 e. The number of hydrogen-bond donors (Lipinski definition) is 0. The van der Waals surface area contributed by atoms with Gasteiger partial charge in [-0.25, -0.2) is 4.99 Å². The van der Waals surface area contributed by atoms with Crippen molar-refractivity contribution in [1.29, 1.82) is 0 Å². The zero-order valence-corrected chi connectivity index (χ0v) is 9.42. The quantitative estimate of drug-likeness (QED) is 0.771. The van der Waals surface area contributed by atoms with Crippen molar-refractivity contribution in [3.8, 4) is 0 Å². The topological polar surface area (TPSA) is 21.6 Å². The first kappa shape index (κ1) is 10.5. The van der Waals surface area contributed by atoms with E-state index in [2.05, 4.69) is 24.4 Å². The van der Waals surface area contributed by atoms with Crippen LogP contribution in [0.15, 0.2) is 29.3 Å². The molecule has 1 aromatic carbocycles. The minimum atomic E-state index is -0.109. The van der Waals surface area contributed by atoms with Gasteiger partial charge in [0.25, 0.3) is 6.40 Å². The molecule has 0 aliphatic carbocycles. The minimum absolute atomic E-state index is 0.109. The Bertz CT molecular complexity index is 378. The molecule has 1 aliphatic heterocycles. The van der Waals surface area contributed by atoms with Gasteiger partial charge in [-0.15, -0.1) is 0 Å². The second-order valence-corrected chi connectivity index (χ2v) is 4.56. The van der Waals surface area contributed by atoms with E-state index in [9.17, 15) is 0 Å². The maximum absolute atomic E-state index is 5.91. The first-order valence-corrected chi connectivity index (χ1v) is 5.39. The second-order valence-electron chi connectivity index (χ2n) is 4.12. The van der Waals surface area contributed by atoms with E-state index in [1.165, 1.54) is 5.56 Å². The summed E-state index contributed by atoms with van der Waals surface area (Å²) in [4.78, 5) is 4.20. The molecule has 1 aliphatic rings. The number of aryl methyl sites for hydroxylation is 1. The van der Waals surface area contributed by atoms with Crippen LogP contribution < -0.4 is 0 Å². The van der Waals surface area contributed by atoms with Gasteiger partial charge < -0.3 is 4.74 Å². The third kappa shape index (κ3) is 2.72. The molecule has 0 aromatic heterocycles. The van der Waals surface area contributed by atoms with Crippen LogP contribution in [0.25, 0.3) is 0 Å². The Morgan fingerprint density at radius 3 is 3.13 bits per heavy atom. The van der Waals surface area contributed by atoms with Crippen molar-refractivity contribution in [3.63, 3.8) is 0 Å². The van der Waals surface area contributed by atoms with E-state index in [0.29, 0.717) is 6.61 Å². The lowest BCUT2D eigenvalue weighted by Crippen LogP contribution is -2.24. The summed E-state index contributed by atoms with van der Waals surface area (Å²) < 4.78 is 5.03. The van der Waals surface area contributed by atoms with Crippen LogP contribution in [-0.4, -0.2) is 18.5 Å². The van der Waals surface area contributed by atoms with E-state index < -0.39 is 0 Å². The van der Waals surface area contributed by atoms with Crippen molar-refractivity contribution >= 4 is 18.0 Å². The number of ether oxygens (including phenoxy) is 1. The molecule has 2 nitrogen and oxygen atoms in total. The Balaban J connectivity index is 1.96. The van der Waals surface area contributed by atoms with Gasteiger partial charge in [-0.05, 0) is 37.5 Å². The van der Waals surface area contributed by atoms with Crippen molar-refractivity contribution in [2.45, 2.75) is 25.3 Å². The summed E-state index contributed by atoms with van der Waals surface area (Å²) in [6.45, 7) is 2.71. The van der Waals surface area contributed by atoms with Gasteiger partial charge in [0, 0.05) is 5.02 Å². The zero-order valence-electron chi connectivity index (χ0n) is 8.66. The number of hydrogen-bond acceptors (Lipinski definition) is 2. The molecule has 79 valence electrons. The van der Waals surface area contributed by atoms with Crippen LogP contribution in [0.4, 0.5) is 0 Å². The summed E-state index contributed by atoms with van der Waals surface area (Å²) in [5.41, 5.74) is 1.13. The number of aliphatic imine (C=N–C) groups is 1. The monoisotopic (exact) mass is 222 g/mol. The van der Waals surface area contributed by atoms with E-state index in [0.717, 1.165) is 17.9 Å². The summed E-state index contributed by atoms with van der Waals surface area (Å²) in [6.07, 6.45) is 4.48. The fourth-order valence-electron chi connectivity index (χ4n) is 1.60. The average Bonchev–Trinajstić information content (AvgIpc) is 2.63. The Morgan fingerprint density at radius 2 is 2.47 bits per heavy atom. The number of rotatable bonds is 3. The highest BCUT2D eigenvalue weighted by Gasteiger charge is 2.27. The van der Waals surface area contributed by atoms with Crippen LogP contribution in [0.2, 0.25) is 5.02 Å². The standard InChI is InChI=1S/C12H13ClNO/c1-12(8-15-9-14-12)6-5-10-3-2-4-11(13)7-10/h2-4,7H,5-6,8H2,1H3. The van der Waals surface area contributed by atoms with Gasteiger partial charge in [0.2, 0.25) is 0 Å². The Labute approximate surface area is 94.9 Å². The molecule has 0 fully saturated rings. The molecule has 0 bridgehead atoms. The molecule has 1 radical (unpaired) electrons. The lowest BCUT2D eigenvalue weighted by Gasteiger charge is -2.17. The van der Waals surface area contributed by atoms with Gasteiger partial charge in [-0.1, -0.05) is 23.7 Å². The molecule has 1 unspecified atom stereocenters. The highest BCUT2D eigenvalue weighted by atomic mass is 35.5. The molecule has 0 N–H and O–H groups in total. The molecule has 3 heteroatoms. The van der Waals surface area contributed by atoms with Gasteiger partial charge in [0.05, 0.1) is 5.54 Å². The minimum Gasteiger partial charge on any atom is -0.472 e. The summed E-state index contributed by atoms with van der Waals surface area (Å²) in [5.74, 6) is 0. The van der Waals surface area contributed by atoms with Crippen molar-refractivity contribution in [3.05, 3.63) is 34.9 Å².